The van der Waals surface area contributed by atoms with Crippen LogP contribution in [0.2, 0.25) is 0 Å². The zero-order valence-electron chi connectivity index (χ0n) is 14.2. The molecule has 1 aromatic rings. The van der Waals surface area contributed by atoms with E-state index >= 15 is 0 Å². The van der Waals surface area contributed by atoms with Crippen molar-refractivity contribution in [2.75, 3.05) is 36.5 Å². The van der Waals surface area contributed by atoms with Crippen LogP contribution in [0.25, 0.3) is 0 Å². The molecule has 1 amide bonds. The minimum atomic E-state index is -2.96. The molecule has 0 radical (unpaired) electrons. The van der Waals surface area contributed by atoms with Gasteiger partial charge in [0.25, 0.3) is 5.91 Å². The highest BCUT2D eigenvalue weighted by Gasteiger charge is 2.32. The van der Waals surface area contributed by atoms with Gasteiger partial charge in [-0.2, -0.15) is 0 Å². The van der Waals surface area contributed by atoms with Gasteiger partial charge in [-0.25, -0.2) is 18.4 Å². The summed E-state index contributed by atoms with van der Waals surface area (Å²) < 4.78 is 23.4. The Morgan fingerprint density at radius 2 is 1.96 bits per heavy atom. The fourth-order valence-corrected chi connectivity index (χ4v) is 5.14. The lowest BCUT2D eigenvalue weighted by molar-refractivity contribution is 0.0718. The van der Waals surface area contributed by atoms with Crippen LogP contribution in [0.1, 0.15) is 42.0 Å². The van der Waals surface area contributed by atoms with Gasteiger partial charge in [0.1, 0.15) is 17.3 Å². The van der Waals surface area contributed by atoms with E-state index in [1.165, 1.54) is 0 Å². The zero-order chi connectivity index (χ0) is 17.3. The first-order valence-electron chi connectivity index (χ1n) is 8.44. The lowest BCUT2D eigenvalue weighted by atomic mass is 10.1. The Hall–Kier alpha value is -1.70. The molecule has 3 heterocycles. The Kier molecular flexibility index (Phi) is 4.76. The van der Waals surface area contributed by atoms with E-state index in [0.717, 1.165) is 32.4 Å². The molecule has 24 heavy (non-hydrogen) atoms. The summed E-state index contributed by atoms with van der Waals surface area (Å²) >= 11 is 0. The van der Waals surface area contributed by atoms with Crippen LogP contribution in [-0.4, -0.2) is 66.9 Å². The maximum absolute atomic E-state index is 12.7. The van der Waals surface area contributed by atoms with Crippen molar-refractivity contribution in [1.29, 1.82) is 0 Å². The van der Waals surface area contributed by atoms with Crippen molar-refractivity contribution in [2.24, 2.45) is 0 Å². The second-order valence-corrected chi connectivity index (χ2v) is 8.91. The summed E-state index contributed by atoms with van der Waals surface area (Å²) in [5, 5.41) is 0. The normalized spacial score (nSPS) is 23.2. The van der Waals surface area contributed by atoms with Crippen molar-refractivity contribution in [1.82, 2.24) is 14.9 Å². The van der Waals surface area contributed by atoms with Crippen molar-refractivity contribution in [3.63, 3.8) is 0 Å². The summed E-state index contributed by atoms with van der Waals surface area (Å²) in [5.74, 6) is 1.44. The molecule has 2 aliphatic heterocycles. The molecule has 2 aliphatic rings. The average molecular weight is 352 g/mol. The standard InChI is InChI=1S/C16H24N4O3S/c1-12-17-14(16(21)20-7-4-3-5-8-20)10-15(18-12)19(2)13-6-9-24(22,23)11-13/h10,13H,3-9,11H2,1-2H3. The quantitative estimate of drug-likeness (QED) is 0.808. The molecule has 2 saturated heterocycles. The van der Waals surface area contributed by atoms with Crippen molar-refractivity contribution in [3.8, 4) is 0 Å². The first-order chi connectivity index (χ1) is 11.4. The van der Waals surface area contributed by atoms with E-state index in [2.05, 4.69) is 9.97 Å². The monoisotopic (exact) mass is 352 g/mol. The number of likely N-dealkylation sites (tertiary alicyclic amines) is 1. The predicted molar refractivity (Wildman–Crippen MR) is 92.0 cm³/mol. The number of hydrogen-bond donors (Lipinski definition) is 0. The second kappa shape index (κ2) is 6.66. The van der Waals surface area contributed by atoms with E-state index in [0.29, 0.717) is 23.8 Å². The third kappa shape index (κ3) is 3.68. The number of carbonyl (C=O) groups excluding carboxylic acids is 1. The SMILES string of the molecule is Cc1nc(C(=O)N2CCCCC2)cc(N(C)C2CCS(=O)(=O)C2)n1. The molecule has 0 N–H and O–H groups in total. The summed E-state index contributed by atoms with van der Waals surface area (Å²) in [4.78, 5) is 25.1. The number of piperidine rings is 1. The van der Waals surface area contributed by atoms with Gasteiger partial charge in [-0.1, -0.05) is 0 Å². The number of sulfone groups is 1. The number of aryl methyl sites for hydroxylation is 1. The van der Waals surface area contributed by atoms with Crippen LogP contribution in [0, 0.1) is 6.92 Å². The van der Waals surface area contributed by atoms with Crippen LogP contribution in [0.5, 0.6) is 0 Å². The Morgan fingerprint density at radius 3 is 2.58 bits per heavy atom. The minimum Gasteiger partial charge on any atom is -0.356 e. The van der Waals surface area contributed by atoms with E-state index in [4.69, 9.17) is 0 Å². The summed E-state index contributed by atoms with van der Waals surface area (Å²) in [6, 6.07) is 1.59. The molecule has 0 aromatic carbocycles. The topological polar surface area (TPSA) is 83.5 Å². The number of rotatable bonds is 3. The smallest absolute Gasteiger partial charge is 0.272 e. The number of amides is 1. The van der Waals surface area contributed by atoms with Gasteiger partial charge in [0, 0.05) is 32.2 Å². The summed E-state index contributed by atoms with van der Waals surface area (Å²) in [7, 11) is -1.13. The fraction of sp³-hybridized carbons (Fsp3) is 0.688. The molecule has 1 unspecified atom stereocenters. The fourth-order valence-electron chi connectivity index (χ4n) is 3.37. The van der Waals surface area contributed by atoms with Gasteiger partial charge in [-0.05, 0) is 32.6 Å². The van der Waals surface area contributed by atoms with Crippen LogP contribution in [0.4, 0.5) is 5.82 Å². The Bertz CT molecular complexity index is 729. The molecule has 0 saturated carbocycles. The van der Waals surface area contributed by atoms with Crippen LogP contribution in [-0.2, 0) is 9.84 Å². The van der Waals surface area contributed by atoms with Gasteiger partial charge in [0.15, 0.2) is 9.84 Å². The maximum atomic E-state index is 12.7. The van der Waals surface area contributed by atoms with Gasteiger partial charge in [-0.3, -0.25) is 4.79 Å². The largest absolute Gasteiger partial charge is 0.356 e. The third-order valence-electron chi connectivity index (χ3n) is 4.80. The van der Waals surface area contributed by atoms with Gasteiger partial charge in [-0.15, -0.1) is 0 Å². The molecular weight excluding hydrogens is 328 g/mol. The zero-order valence-corrected chi connectivity index (χ0v) is 15.0. The first kappa shape index (κ1) is 17.1. The van der Waals surface area contributed by atoms with Crippen molar-refractivity contribution in [3.05, 3.63) is 17.6 Å². The lowest BCUT2D eigenvalue weighted by Crippen LogP contribution is -2.37. The average Bonchev–Trinajstić information content (AvgIpc) is 2.93. The molecular formula is C16H24N4O3S. The van der Waals surface area contributed by atoms with Crippen LogP contribution in [0.15, 0.2) is 6.07 Å². The molecule has 0 spiro atoms. The highest BCUT2D eigenvalue weighted by Crippen LogP contribution is 2.23. The molecule has 8 heteroatoms. The molecule has 1 aromatic heterocycles. The lowest BCUT2D eigenvalue weighted by Gasteiger charge is -2.28. The van der Waals surface area contributed by atoms with Crippen molar-refractivity contribution in [2.45, 2.75) is 38.6 Å². The minimum absolute atomic E-state index is 0.0612. The van der Waals surface area contributed by atoms with Crippen LogP contribution in [0.3, 0.4) is 0 Å². The van der Waals surface area contributed by atoms with E-state index in [1.54, 1.807) is 13.0 Å². The number of nitrogens with zero attached hydrogens (tertiary/aromatic N) is 4. The maximum Gasteiger partial charge on any atom is 0.272 e. The molecule has 2 fully saturated rings. The highest BCUT2D eigenvalue weighted by atomic mass is 32.2. The van der Waals surface area contributed by atoms with Crippen molar-refractivity contribution < 1.29 is 13.2 Å². The Morgan fingerprint density at radius 1 is 1.25 bits per heavy atom. The first-order valence-corrected chi connectivity index (χ1v) is 10.3. The van der Waals surface area contributed by atoms with Crippen LogP contribution >= 0.6 is 0 Å². The third-order valence-corrected chi connectivity index (χ3v) is 6.55. The van der Waals surface area contributed by atoms with Gasteiger partial charge in [0.2, 0.25) is 0 Å². The molecule has 3 rings (SSSR count). The van der Waals surface area contributed by atoms with E-state index in [9.17, 15) is 13.2 Å². The highest BCUT2D eigenvalue weighted by molar-refractivity contribution is 7.91. The number of aromatic nitrogens is 2. The molecule has 132 valence electrons. The van der Waals surface area contributed by atoms with E-state index < -0.39 is 9.84 Å². The summed E-state index contributed by atoms with van der Waals surface area (Å²) in [6.07, 6.45) is 3.82. The second-order valence-electron chi connectivity index (χ2n) is 6.68. The van der Waals surface area contributed by atoms with E-state index in [-0.39, 0.29) is 23.5 Å². The van der Waals surface area contributed by atoms with Crippen LogP contribution < -0.4 is 4.90 Å². The number of anilines is 1. The summed E-state index contributed by atoms with van der Waals surface area (Å²) in [5.41, 5.74) is 0.395. The molecule has 7 nitrogen and oxygen atoms in total. The molecule has 0 bridgehead atoms. The van der Waals surface area contributed by atoms with Gasteiger partial charge < -0.3 is 9.80 Å². The molecule has 1 atom stereocenters. The van der Waals surface area contributed by atoms with Gasteiger partial charge in [0.05, 0.1) is 11.5 Å². The summed E-state index contributed by atoms with van der Waals surface area (Å²) in [6.45, 7) is 3.30. The molecule has 0 aliphatic carbocycles. The number of carbonyl (C=O) groups is 1. The Balaban J connectivity index is 1.82. The van der Waals surface area contributed by atoms with Gasteiger partial charge >= 0.3 is 0 Å². The Labute approximate surface area is 143 Å². The number of hydrogen-bond acceptors (Lipinski definition) is 6. The predicted octanol–water partition coefficient (Wildman–Crippen LogP) is 1.03. The van der Waals surface area contributed by atoms with E-state index in [1.807, 2.05) is 16.8 Å². The van der Waals surface area contributed by atoms with Crippen molar-refractivity contribution >= 4 is 21.6 Å².